The van der Waals surface area contributed by atoms with Crippen molar-refractivity contribution in [3.05, 3.63) is 35.4 Å². The minimum Gasteiger partial charge on any atom is -0.465 e. The molecular weight excluding hydrogens is 230 g/mol. The molecule has 1 aliphatic carbocycles. The normalized spacial score (nSPS) is 16.3. The number of ether oxygens (including phenoxy) is 1. The zero-order chi connectivity index (χ0) is 13.0. The number of rotatable bonds is 6. The first-order valence-electron chi connectivity index (χ1n) is 6.26. The van der Waals surface area contributed by atoms with Crippen LogP contribution in [0.15, 0.2) is 24.3 Å². The molecular formula is C14H19NO3. The Morgan fingerprint density at radius 1 is 1.44 bits per heavy atom. The van der Waals surface area contributed by atoms with Gasteiger partial charge in [0, 0.05) is 13.1 Å². The average Bonchev–Trinajstić information content (AvgIpc) is 3.23. The Morgan fingerprint density at radius 2 is 2.11 bits per heavy atom. The maximum atomic E-state index is 11.2. The summed E-state index contributed by atoms with van der Waals surface area (Å²) in [5, 5.41) is 12.9. The van der Waals surface area contributed by atoms with Gasteiger partial charge in [0.15, 0.2) is 0 Å². The molecule has 0 aliphatic heterocycles. The quantitative estimate of drug-likeness (QED) is 0.747. The zero-order valence-electron chi connectivity index (χ0n) is 10.6. The first-order chi connectivity index (χ1) is 8.70. The maximum Gasteiger partial charge on any atom is 0.337 e. The highest BCUT2D eigenvalue weighted by atomic mass is 16.5. The van der Waals surface area contributed by atoms with Crippen molar-refractivity contribution in [2.75, 3.05) is 13.7 Å². The summed E-state index contributed by atoms with van der Waals surface area (Å²) < 4.78 is 4.63. The molecule has 1 aliphatic rings. The number of carbonyl (C=O) groups is 1. The zero-order valence-corrected chi connectivity index (χ0v) is 10.6. The van der Waals surface area contributed by atoms with Crippen molar-refractivity contribution in [1.82, 2.24) is 5.32 Å². The van der Waals surface area contributed by atoms with E-state index in [1.165, 1.54) is 7.11 Å². The van der Waals surface area contributed by atoms with Crippen molar-refractivity contribution >= 4 is 5.97 Å². The van der Waals surface area contributed by atoms with Crippen LogP contribution in [0.3, 0.4) is 0 Å². The number of nitrogens with one attached hydrogen (secondary N) is 1. The number of methoxy groups -OCH3 is 1. The summed E-state index contributed by atoms with van der Waals surface area (Å²) in [5.41, 5.74) is 1.64. The summed E-state index contributed by atoms with van der Waals surface area (Å²) in [6.07, 6.45) is 2.08. The maximum absolute atomic E-state index is 11.2. The lowest BCUT2D eigenvalue weighted by atomic mass is 10.1. The SMILES string of the molecule is COC(=O)c1ccc(CNCC(O)C2CC2)cc1. The fourth-order valence-electron chi connectivity index (χ4n) is 1.89. The van der Waals surface area contributed by atoms with Gasteiger partial charge in [0.1, 0.15) is 0 Å². The topological polar surface area (TPSA) is 58.6 Å². The number of carbonyl (C=O) groups excluding carboxylic acids is 1. The summed E-state index contributed by atoms with van der Waals surface area (Å²) >= 11 is 0. The van der Waals surface area contributed by atoms with Crippen LogP contribution in [0.4, 0.5) is 0 Å². The van der Waals surface area contributed by atoms with Crippen LogP contribution in [-0.4, -0.2) is 30.8 Å². The van der Waals surface area contributed by atoms with E-state index in [1.807, 2.05) is 12.1 Å². The molecule has 2 rings (SSSR count). The van der Waals surface area contributed by atoms with E-state index in [0.717, 1.165) is 18.4 Å². The predicted octanol–water partition coefficient (Wildman–Crippen LogP) is 1.33. The van der Waals surface area contributed by atoms with Crippen molar-refractivity contribution < 1.29 is 14.6 Å². The second-order valence-corrected chi connectivity index (χ2v) is 4.72. The minimum absolute atomic E-state index is 0.223. The second kappa shape index (κ2) is 5.98. The fourth-order valence-corrected chi connectivity index (χ4v) is 1.89. The van der Waals surface area contributed by atoms with E-state index in [1.54, 1.807) is 12.1 Å². The molecule has 1 saturated carbocycles. The Bertz CT molecular complexity index is 398. The van der Waals surface area contributed by atoms with Gasteiger partial charge in [-0.15, -0.1) is 0 Å². The number of aliphatic hydroxyl groups is 1. The molecule has 1 aromatic rings. The van der Waals surface area contributed by atoms with Gasteiger partial charge in [-0.2, -0.15) is 0 Å². The standard InChI is InChI=1S/C14H19NO3/c1-18-14(17)12-4-2-10(3-5-12)8-15-9-13(16)11-6-7-11/h2-5,11,13,15-16H,6-9H2,1H3. The molecule has 1 unspecified atom stereocenters. The largest absolute Gasteiger partial charge is 0.465 e. The first kappa shape index (κ1) is 13.1. The molecule has 18 heavy (non-hydrogen) atoms. The van der Waals surface area contributed by atoms with Gasteiger partial charge in [0.05, 0.1) is 18.8 Å². The number of hydrogen-bond acceptors (Lipinski definition) is 4. The number of esters is 1. The summed E-state index contributed by atoms with van der Waals surface area (Å²) in [6, 6.07) is 7.28. The Kier molecular flexibility index (Phi) is 4.33. The molecule has 1 aromatic carbocycles. The third kappa shape index (κ3) is 3.55. The molecule has 0 aromatic heterocycles. The van der Waals surface area contributed by atoms with Crippen molar-refractivity contribution in [1.29, 1.82) is 0 Å². The van der Waals surface area contributed by atoms with E-state index in [9.17, 15) is 9.90 Å². The fraction of sp³-hybridized carbons (Fsp3) is 0.500. The van der Waals surface area contributed by atoms with Crippen molar-refractivity contribution in [2.45, 2.75) is 25.5 Å². The van der Waals surface area contributed by atoms with Gasteiger partial charge in [-0.1, -0.05) is 12.1 Å². The monoisotopic (exact) mass is 249 g/mol. The molecule has 2 N–H and O–H groups in total. The van der Waals surface area contributed by atoms with Crippen LogP contribution in [-0.2, 0) is 11.3 Å². The number of aliphatic hydroxyl groups excluding tert-OH is 1. The van der Waals surface area contributed by atoms with Gasteiger partial charge >= 0.3 is 5.97 Å². The molecule has 0 amide bonds. The highest BCUT2D eigenvalue weighted by Crippen LogP contribution is 2.32. The molecule has 0 radical (unpaired) electrons. The van der Waals surface area contributed by atoms with Gasteiger partial charge in [0.25, 0.3) is 0 Å². The summed E-state index contributed by atoms with van der Waals surface area (Å²) in [5.74, 6) is 0.179. The highest BCUT2D eigenvalue weighted by molar-refractivity contribution is 5.89. The first-order valence-corrected chi connectivity index (χ1v) is 6.26. The van der Waals surface area contributed by atoms with Gasteiger partial charge in [-0.25, -0.2) is 4.79 Å². The molecule has 0 heterocycles. The lowest BCUT2D eigenvalue weighted by Gasteiger charge is -2.10. The number of hydrogen-bond donors (Lipinski definition) is 2. The molecule has 0 spiro atoms. The third-order valence-electron chi connectivity index (χ3n) is 3.22. The van der Waals surface area contributed by atoms with Crippen molar-refractivity contribution in [3.63, 3.8) is 0 Å². The molecule has 98 valence electrons. The van der Waals surface area contributed by atoms with E-state index in [4.69, 9.17) is 0 Å². The van der Waals surface area contributed by atoms with Crippen LogP contribution in [0, 0.1) is 5.92 Å². The summed E-state index contributed by atoms with van der Waals surface area (Å²) in [4.78, 5) is 11.2. The van der Waals surface area contributed by atoms with Crippen LogP contribution < -0.4 is 5.32 Å². The Balaban J connectivity index is 1.77. The molecule has 4 nitrogen and oxygen atoms in total. The molecule has 0 saturated heterocycles. The lowest BCUT2D eigenvalue weighted by molar-refractivity contribution is 0.0600. The molecule has 1 fully saturated rings. The van der Waals surface area contributed by atoms with Crippen LogP contribution in [0.25, 0.3) is 0 Å². The summed E-state index contributed by atoms with van der Waals surface area (Å²) in [6.45, 7) is 1.33. The Morgan fingerprint density at radius 3 is 2.67 bits per heavy atom. The van der Waals surface area contributed by atoms with Gasteiger partial charge in [-0.05, 0) is 36.5 Å². The Hall–Kier alpha value is -1.39. The van der Waals surface area contributed by atoms with Crippen molar-refractivity contribution in [3.8, 4) is 0 Å². The van der Waals surface area contributed by atoms with E-state index >= 15 is 0 Å². The lowest BCUT2D eigenvalue weighted by Crippen LogP contribution is -2.27. The molecule has 1 atom stereocenters. The van der Waals surface area contributed by atoms with E-state index in [-0.39, 0.29) is 12.1 Å². The number of benzene rings is 1. The summed E-state index contributed by atoms with van der Waals surface area (Å²) in [7, 11) is 1.37. The smallest absolute Gasteiger partial charge is 0.337 e. The second-order valence-electron chi connectivity index (χ2n) is 4.72. The minimum atomic E-state index is -0.321. The molecule has 4 heteroatoms. The van der Waals surface area contributed by atoms with Crippen LogP contribution in [0.1, 0.15) is 28.8 Å². The van der Waals surface area contributed by atoms with E-state index in [0.29, 0.717) is 24.6 Å². The highest BCUT2D eigenvalue weighted by Gasteiger charge is 2.28. The van der Waals surface area contributed by atoms with Crippen LogP contribution in [0.2, 0.25) is 0 Å². The Labute approximate surface area is 107 Å². The average molecular weight is 249 g/mol. The van der Waals surface area contributed by atoms with Gasteiger partial charge < -0.3 is 15.2 Å². The molecule has 0 bridgehead atoms. The van der Waals surface area contributed by atoms with Gasteiger partial charge in [-0.3, -0.25) is 0 Å². The van der Waals surface area contributed by atoms with E-state index in [2.05, 4.69) is 10.1 Å². The van der Waals surface area contributed by atoms with Crippen LogP contribution >= 0.6 is 0 Å². The third-order valence-corrected chi connectivity index (χ3v) is 3.22. The van der Waals surface area contributed by atoms with Crippen LogP contribution in [0.5, 0.6) is 0 Å². The predicted molar refractivity (Wildman–Crippen MR) is 68.2 cm³/mol. The van der Waals surface area contributed by atoms with E-state index < -0.39 is 0 Å². The van der Waals surface area contributed by atoms with Crippen molar-refractivity contribution in [2.24, 2.45) is 5.92 Å². The van der Waals surface area contributed by atoms with Gasteiger partial charge in [0.2, 0.25) is 0 Å².